The van der Waals surface area contributed by atoms with E-state index in [9.17, 15) is 4.79 Å². The van der Waals surface area contributed by atoms with Gasteiger partial charge in [-0.3, -0.25) is 9.78 Å². The molecule has 0 aliphatic carbocycles. The summed E-state index contributed by atoms with van der Waals surface area (Å²) in [6.45, 7) is 5.73. The summed E-state index contributed by atoms with van der Waals surface area (Å²) in [6, 6.07) is 0. The second-order valence-corrected chi connectivity index (χ2v) is 4.89. The zero-order valence-corrected chi connectivity index (χ0v) is 11.2. The maximum atomic E-state index is 11.1. The van der Waals surface area contributed by atoms with Crippen LogP contribution in [0.15, 0.2) is 12.4 Å². The summed E-state index contributed by atoms with van der Waals surface area (Å²) in [4.78, 5) is 21.5. The zero-order chi connectivity index (χ0) is 13.8. The molecule has 6 nitrogen and oxygen atoms in total. The van der Waals surface area contributed by atoms with Crippen molar-refractivity contribution < 1.29 is 14.6 Å². The molecule has 0 bridgehead atoms. The Morgan fingerprint density at radius 2 is 2.32 bits per heavy atom. The molecule has 2 heterocycles. The van der Waals surface area contributed by atoms with Crippen LogP contribution in [0.3, 0.4) is 0 Å². The third-order valence-corrected chi connectivity index (χ3v) is 3.31. The Morgan fingerprint density at radius 3 is 2.95 bits per heavy atom. The topological polar surface area (TPSA) is 75.5 Å². The number of nitrogens with zero attached hydrogens (tertiary/aromatic N) is 3. The number of anilines is 1. The van der Waals surface area contributed by atoms with Crippen molar-refractivity contribution in [2.75, 3.05) is 24.6 Å². The van der Waals surface area contributed by atoms with Crippen molar-refractivity contribution in [3.05, 3.63) is 12.4 Å². The number of ether oxygens (including phenoxy) is 1. The third-order valence-electron chi connectivity index (χ3n) is 3.31. The molecule has 0 saturated carbocycles. The molecule has 0 radical (unpaired) electrons. The molecular formula is C13H19N3O3. The maximum absolute atomic E-state index is 11.1. The molecular weight excluding hydrogens is 246 g/mol. The van der Waals surface area contributed by atoms with Gasteiger partial charge < -0.3 is 14.7 Å². The Kier molecular flexibility index (Phi) is 4.19. The van der Waals surface area contributed by atoms with Crippen molar-refractivity contribution in [3.63, 3.8) is 0 Å². The van der Waals surface area contributed by atoms with E-state index in [1.807, 2.05) is 18.7 Å². The fourth-order valence-corrected chi connectivity index (χ4v) is 2.24. The lowest BCUT2D eigenvalue weighted by Crippen LogP contribution is -2.23. The molecule has 1 aromatic rings. The van der Waals surface area contributed by atoms with Gasteiger partial charge in [0.15, 0.2) is 5.82 Å². The molecule has 1 fully saturated rings. The minimum absolute atomic E-state index is 0.111. The summed E-state index contributed by atoms with van der Waals surface area (Å²) in [7, 11) is 0. The van der Waals surface area contributed by atoms with Gasteiger partial charge in [0.2, 0.25) is 5.88 Å². The van der Waals surface area contributed by atoms with Gasteiger partial charge in [0.05, 0.1) is 24.9 Å². The Hall–Kier alpha value is -1.85. The second-order valence-electron chi connectivity index (χ2n) is 4.89. The normalized spacial score (nSPS) is 22.5. The highest BCUT2D eigenvalue weighted by Gasteiger charge is 2.35. The van der Waals surface area contributed by atoms with Crippen LogP contribution in [0.25, 0.3) is 0 Å². The molecule has 2 rings (SSSR count). The van der Waals surface area contributed by atoms with Crippen LogP contribution in [0.1, 0.15) is 20.3 Å². The van der Waals surface area contributed by atoms with Crippen LogP contribution in [-0.4, -0.2) is 40.7 Å². The van der Waals surface area contributed by atoms with Gasteiger partial charge in [-0.2, -0.15) is 4.98 Å². The van der Waals surface area contributed by atoms with Gasteiger partial charge >= 0.3 is 5.97 Å². The van der Waals surface area contributed by atoms with E-state index in [2.05, 4.69) is 9.97 Å². The minimum Gasteiger partial charge on any atom is -0.481 e. The molecule has 19 heavy (non-hydrogen) atoms. The lowest BCUT2D eigenvalue weighted by Gasteiger charge is -2.17. The Morgan fingerprint density at radius 1 is 1.53 bits per heavy atom. The number of hydrogen-bond acceptors (Lipinski definition) is 5. The van der Waals surface area contributed by atoms with Gasteiger partial charge in [0, 0.05) is 13.1 Å². The van der Waals surface area contributed by atoms with E-state index >= 15 is 0 Å². The first-order chi connectivity index (χ1) is 9.11. The first-order valence-corrected chi connectivity index (χ1v) is 6.54. The van der Waals surface area contributed by atoms with E-state index in [4.69, 9.17) is 9.84 Å². The van der Waals surface area contributed by atoms with E-state index in [1.165, 1.54) is 0 Å². The number of carboxylic acid groups (broad SMARTS) is 1. The summed E-state index contributed by atoms with van der Waals surface area (Å²) >= 11 is 0. The molecule has 1 aliphatic rings. The zero-order valence-electron chi connectivity index (χ0n) is 11.2. The van der Waals surface area contributed by atoms with E-state index < -0.39 is 5.97 Å². The number of hydrogen-bond donors (Lipinski definition) is 1. The average molecular weight is 265 g/mol. The highest BCUT2D eigenvalue weighted by atomic mass is 16.5. The average Bonchev–Trinajstić information content (AvgIpc) is 2.79. The van der Waals surface area contributed by atoms with Gasteiger partial charge in [0.25, 0.3) is 0 Å². The number of rotatable bonds is 5. The van der Waals surface area contributed by atoms with Crippen LogP contribution < -0.4 is 9.64 Å². The van der Waals surface area contributed by atoms with Crippen LogP contribution in [0.4, 0.5) is 5.82 Å². The van der Waals surface area contributed by atoms with Crippen molar-refractivity contribution in [2.24, 2.45) is 11.8 Å². The molecule has 0 amide bonds. The van der Waals surface area contributed by atoms with Gasteiger partial charge in [-0.05, 0) is 12.3 Å². The van der Waals surface area contributed by atoms with Crippen LogP contribution in [0, 0.1) is 11.8 Å². The van der Waals surface area contributed by atoms with Crippen molar-refractivity contribution in [1.82, 2.24) is 9.97 Å². The van der Waals surface area contributed by atoms with Gasteiger partial charge in [0.1, 0.15) is 0 Å². The molecule has 6 heteroatoms. The SMILES string of the molecule is CCCOc1cncc(N2CC(C)C(C(=O)O)C2)n1. The van der Waals surface area contributed by atoms with E-state index in [0.29, 0.717) is 31.4 Å². The smallest absolute Gasteiger partial charge is 0.308 e. The lowest BCUT2D eigenvalue weighted by atomic mass is 9.99. The van der Waals surface area contributed by atoms with Gasteiger partial charge in [-0.1, -0.05) is 13.8 Å². The van der Waals surface area contributed by atoms with E-state index in [0.717, 1.165) is 6.42 Å². The summed E-state index contributed by atoms with van der Waals surface area (Å²) in [6.07, 6.45) is 4.14. The lowest BCUT2D eigenvalue weighted by molar-refractivity contribution is -0.142. The Labute approximate surface area is 112 Å². The summed E-state index contributed by atoms with van der Waals surface area (Å²) < 4.78 is 5.44. The quantitative estimate of drug-likeness (QED) is 0.867. The molecule has 2 unspecified atom stereocenters. The van der Waals surface area contributed by atoms with Crippen LogP contribution in [0.5, 0.6) is 5.88 Å². The molecule has 1 aliphatic heterocycles. The van der Waals surface area contributed by atoms with Gasteiger partial charge in [-0.25, -0.2) is 0 Å². The monoisotopic (exact) mass is 265 g/mol. The number of aliphatic carboxylic acids is 1. The molecule has 104 valence electrons. The van der Waals surface area contributed by atoms with Crippen molar-refractivity contribution in [3.8, 4) is 5.88 Å². The molecule has 1 saturated heterocycles. The van der Waals surface area contributed by atoms with Gasteiger partial charge in [-0.15, -0.1) is 0 Å². The third kappa shape index (κ3) is 3.13. The minimum atomic E-state index is -0.749. The van der Waals surface area contributed by atoms with Crippen LogP contribution in [-0.2, 0) is 4.79 Å². The predicted octanol–water partition coefficient (Wildman–Crippen LogP) is 1.42. The molecule has 0 spiro atoms. The van der Waals surface area contributed by atoms with Crippen LogP contribution >= 0.6 is 0 Å². The Balaban J connectivity index is 2.08. The van der Waals surface area contributed by atoms with Crippen LogP contribution in [0.2, 0.25) is 0 Å². The molecule has 0 aromatic carbocycles. The fraction of sp³-hybridized carbons (Fsp3) is 0.615. The Bertz CT molecular complexity index is 453. The summed E-state index contributed by atoms with van der Waals surface area (Å²) in [5.74, 6) is 0.192. The highest BCUT2D eigenvalue weighted by Crippen LogP contribution is 2.27. The number of carboxylic acids is 1. The first-order valence-electron chi connectivity index (χ1n) is 6.54. The summed E-state index contributed by atoms with van der Waals surface area (Å²) in [5.41, 5.74) is 0. The molecule has 2 atom stereocenters. The summed E-state index contributed by atoms with van der Waals surface area (Å²) in [5, 5.41) is 9.13. The fourth-order valence-electron chi connectivity index (χ4n) is 2.24. The number of aromatic nitrogens is 2. The van der Waals surface area contributed by atoms with E-state index in [-0.39, 0.29) is 11.8 Å². The van der Waals surface area contributed by atoms with E-state index in [1.54, 1.807) is 12.4 Å². The number of carbonyl (C=O) groups is 1. The van der Waals surface area contributed by atoms with Crippen molar-refractivity contribution >= 4 is 11.8 Å². The predicted molar refractivity (Wildman–Crippen MR) is 70.3 cm³/mol. The molecule has 1 aromatic heterocycles. The molecule has 1 N–H and O–H groups in total. The van der Waals surface area contributed by atoms with Crippen molar-refractivity contribution in [2.45, 2.75) is 20.3 Å². The maximum Gasteiger partial charge on any atom is 0.308 e. The largest absolute Gasteiger partial charge is 0.481 e. The standard InChI is InChI=1S/C13H19N3O3/c1-3-4-19-12-6-14-5-11(15-12)16-7-9(2)10(8-16)13(17)18/h5-6,9-10H,3-4,7-8H2,1-2H3,(H,17,18). The second kappa shape index (κ2) is 5.86. The van der Waals surface area contributed by atoms with Crippen molar-refractivity contribution in [1.29, 1.82) is 0 Å². The highest BCUT2D eigenvalue weighted by molar-refractivity contribution is 5.72. The first kappa shape index (κ1) is 13.6.